The Morgan fingerprint density at radius 2 is 1.02 bits per heavy atom. The summed E-state index contributed by atoms with van der Waals surface area (Å²) in [5.74, 6) is 0. The van der Waals surface area contributed by atoms with E-state index in [9.17, 15) is 0 Å². The number of thiazole rings is 2. The average Bonchev–Trinajstić information content (AvgIpc) is 3.97. The van der Waals surface area contributed by atoms with Crippen molar-refractivity contribution in [1.82, 2.24) is 9.97 Å². The van der Waals surface area contributed by atoms with E-state index in [1.54, 1.807) is 3.58 Å². The van der Waals surface area contributed by atoms with Gasteiger partial charge in [0.1, 0.15) is 0 Å². The van der Waals surface area contributed by atoms with Crippen LogP contribution in [0.1, 0.15) is 142 Å². The van der Waals surface area contributed by atoms with E-state index in [-0.39, 0.29) is 10.8 Å². The molecule has 0 radical (unpaired) electrons. The second-order valence-corrected chi connectivity index (χ2v) is 41.7. The maximum atomic E-state index is 5.58. The number of nitrogens with zero attached hydrogens (tertiary/aromatic N) is 2. The average molecular weight is 970 g/mol. The predicted molar refractivity (Wildman–Crippen MR) is 274 cm³/mol. The van der Waals surface area contributed by atoms with E-state index in [4.69, 9.17) is 9.97 Å². The summed E-state index contributed by atoms with van der Waals surface area (Å²) in [4.78, 5) is 21.3. The van der Waals surface area contributed by atoms with Crippen molar-refractivity contribution < 1.29 is 0 Å². The van der Waals surface area contributed by atoms with Crippen LogP contribution in [-0.2, 0) is 17.3 Å². The number of hydrogen-bond acceptors (Lipinski definition) is 4. The van der Waals surface area contributed by atoms with Gasteiger partial charge in [-0.2, -0.15) is 0 Å². The Labute approximate surface area is 382 Å². The van der Waals surface area contributed by atoms with Gasteiger partial charge in [0.25, 0.3) is 0 Å². The Kier molecular flexibility index (Phi) is 12.7. The first-order chi connectivity index (χ1) is 29.0. The van der Waals surface area contributed by atoms with Gasteiger partial charge in [-0.05, 0) is 53.8 Å². The maximum absolute atomic E-state index is 5.58. The Morgan fingerprint density at radius 3 is 1.56 bits per heavy atom. The van der Waals surface area contributed by atoms with Crippen molar-refractivity contribution >= 4 is 63.3 Å². The molecule has 2 nitrogen and oxygen atoms in total. The number of aromatic nitrogens is 2. The second-order valence-electron chi connectivity index (χ2n) is 20.8. The molecule has 6 heteroatoms. The molecule has 0 unspecified atom stereocenters. The van der Waals surface area contributed by atoms with Crippen LogP contribution in [0.5, 0.6) is 0 Å². The molecule has 3 aliphatic rings. The number of hydrogen-bond donors (Lipinski definition) is 0. The van der Waals surface area contributed by atoms with E-state index in [0.29, 0.717) is 0 Å². The summed E-state index contributed by atoms with van der Waals surface area (Å²) in [7, 11) is -1.94. The number of rotatable bonds is 13. The van der Waals surface area contributed by atoms with Crippen molar-refractivity contribution in [2.24, 2.45) is 0 Å². The summed E-state index contributed by atoms with van der Waals surface area (Å²) >= 11 is 1.91. The fraction of sp³-hybridized carbons (Fsp3) is 0.455. The van der Waals surface area contributed by atoms with Crippen molar-refractivity contribution in [2.75, 3.05) is 0 Å². The Hall–Kier alpha value is -2.84. The molecule has 2 aliphatic carbocycles. The number of unbranched alkanes of at least 4 members (excludes halogenated alkanes) is 6. The van der Waals surface area contributed by atoms with Gasteiger partial charge in [0.2, 0.25) is 0 Å². The van der Waals surface area contributed by atoms with Crippen LogP contribution in [0, 0.1) is 20.8 Å². The number of aryl methyl sites for hydroxylation is 3. The van der Waals surface area contributed by atoms with E-state index in [1.165, 1.54) is 155 Å². The van der Waals surface area contributed by atoms with Gasteiger partial charge in [-0.15, -0.1) is 22.7 Å². The van der Waals surface area contributed by atoms with Crippen molar-refractivity contribution in [3.05, 3.63) is 122 Å². The zero-order valence-electron chi connectivity index (χ0n) is 39.4. The van der Waals surface area contributed by atoms with E-state index >= 15 is 0 Å². The van der Waals surface area contributed by atoms with Gasteiger partial charge in [-0.1, -0.05) is 121 Å². The molecule has 0 spiro atoms. The van der Waals surface area contributed by atoms with Crippen molar-refractivity contribution in [3.8, 4) is 32.0 Å². The Morgan fingerprint density at radius 1 is 0.541 bits per heavy atom. The standard InChI is InChI=1S/C36H46N2S2Si.C16H15.3CH3.Sn/c1-7-9-11-13-19-41(20-14-12-10-8-2)34-32(39-25(4)37-34)33-35(41)38-31(40-33)23-26-16-18-28-27-17-15-24(3)21-29(27)36(5,6)30(28)22-26;1-11-8-9-13-12-6-4-5-7-14(12)16(2,3)15(13)10-11;;;;/h15-18,21-22H,7-14,19-20,23H2,1-6H3;4,6-10H,1-3H3;3*1H3;. The van der Waals surface area contributed by atoms with Crippen molar-refractivity contribution in [2.45, 2.75) is 158 Å². The van der Waals surface area contributed by atoms with Gasteiger partial charge in [0.15, 0.2) is 8.07 Å². The molecular weight excluding hydrogens is 900 g/mol. The summed E-state index contributed by atoms with van der Waals surface area (Å²) in [6, 6.07) is 31.0. The quantitative estimate of drug-likeness (QED) is 0.0851. The third-order valence-corrected chi connectivity index (χ3v) is 27.7. The molecule has 0 atom stereocenters. The minimum atomic E-state index is -2.00. The van der Waals surface area contributed by atoms with Crippen LogP contribution < -0.4 is 14.2 Å². The number of benzene rings is 4. The SMILES string of the molecule is CCCCCC[Si]1(CCCCCC)c2nc(C)sc2-c2sc(Cc3ccc4c(c3)C(C)(C)c3cc(C)ccc3-4)nc21.Cc1ccc2c(c1)C(C)(C)c1c[c]([Sn]([CH3])([CH3])[CH3])ccc1-2. The molecule has 3 heterocycles. The summed E-state index contributed by atoms with van der Waals surface area (Å²) in [5.41, 5.74) is 15.9. The van der Waals surface area contributed by atoms with Crippen LogP contribution in [0.25, 0.3) is 32.0 Å². The molecule has 4 aromatic carbocycles. The molecule has 0 bridgehead atoms. The van der Waals surface area contributed by atoms with Crippen molar-refractivity contribution in [1.29, 1.82) is 0 Å². The van der Waals surface area contributed by atoms with Gasteiger partial charge in [0.05, 0.1) is 30.4 Å². The molecular formula is C55H70N2S2SiSn. The van der Waals surface area contributed by atoms with Gasteiger partial charge in [0, 0.05) is 11.8 Å². The topological polar surface area (TPSA) is 25.8 Å². The fourth-order valence-corrected chi connectivity index (χ4v) is 22.8. The predicted octanol–water partition coefficient (Wildman–Crippen LogP) is 14.7. The van der Waals surface area contributed by atoms with Crippen LogP contribution in [0.15, 0.2) is 72.8 Å². The fourth-order valence-electron chi connectivity index (χ4n) is 10.7. The van der Waals surface area contributed by atoms with Gasteiger partial charge in [-0.25, -0.2) is 4.98 Å². The first-order valence-corrected chi connectivity index (χ1v) is 37.5. The molecule has 61 heavy (non-hydrogen) atoms. The Bertz CT molecular complexity index is 2570. The number of fused-ring (bicyclic) bond motifs is 9. The molecule has 9 rings (SSSR count). The molecule has 0 saturated heterocycles. The van der Waals surface area contributed by atoms with Crippen LogP contribution in [0.2, 0.25) is 26.9 Å². The molecule has 6 aromatic rings. The third-order valence-electron chi connectivity index (χ3n) is 14.4. The molecule has 0 amide bonds. The molecule has 320 valence electrons. The summed E-state index contributed by atoms with van der Waals surface area (Å²) in [6.07, 6.45) is 11.6. The van der Waals surface area contributed by atoms with Crippen LogP contribution >= 0.6 is 22.7 Å². The van der Waals surface area contributed by atoms with E-state index in [2.05, 4.69) is 150 Å². The van der Waals surface area contributed by atoms with Crippen LogP contribution in [0.4, 0.5) is 0 Å². The molecule has 2 aromatic heterocycles. The summed E-state index contributed by atoms with van der Waals surface area (Å²) < 4.78 is 1.63. The van der Waals surface area contributed by atoms with Gasteiger partial charge in [-0.3, -0.25) is 4.98 Å². The van der Waals surface area contributed by atoms with Crippen LogP contribution in [-0.4, -0.2) is 36.4 Å². The van der Waals surface area contributed by atoms with Gasteiger partial charge < -0.3 is 0 Å². The van der Waals surface area contributed by atoms with E-state index in [0.717, 1.165) is 6.42 Å². The zero-order chi connectivity index (χ0) is 43.5. The first-order valence-electron chi connectivity index (χ1n) is 23.5. The van der Waals surface area contributed by atoms with Crippen molar-refractivity contribution in [3.63, 3.8) is 0 Å². The molecule has 0 N–H and O–H groups in total. The molecule has 0 fully saturated rings. The molecule has 0 saturated carbocycles. The summed E-state index contributed by atoms with van der Waals surface area (Å²) in [5, 5.41) is 5.55. The first kappa shape index (κ1) is 44.8. The van der Waals surface area contributed by atoms with E-state index < -0.39 is 26.5 Å². The van der Waals surface area contributed by atoms with E-state index in [1.807, 2.05) is 22.7 Å². The third kappa shape index (κ3) is 8.25. The van der Waals surface area contributed by atoms with Gasteiger partial charge >= 0.3 is 127 Å². The minimum absolute atomic E-state index is 0.0332. The van der Waals surface area contributed by atoms with Crippen LogP contribution in [0.3, 0.4) is 0 Å². The molecule has 1 aliphatic heterocycles. The summed E-state index contributed by atoms with van der Waals surface area (Å²) in [6.45, 7) is 20.8. The second kappa shape index (κ2) is 17.3. The normalized spacial score (nSPS) is 15.7. The zero-order valence-corrected chi connectivity index (χ0v) is 44.9. The monoisotopic (exact) mass is 970 g/mol. The Balaban J connectivity index is 0.000000214.